The molecule has 4 rings (SSSR count). The van der Waals surface area contributed by atoms with Crippen molar-refractivity contribution in [3.8, 4) is 0 Å². The first-order valence-corrected chi connectivity index (χ1v) is 7.85. The topological polar surface area (TPSA) is 29.4 Å². The summed E-state index contributed by atoms with van der Waals surface area (Å²) < 4.78 is 0. The molecule has 3 aromatic rings. The minimum Gasteiger partial charge on any atom is -0.211 e. The van der Waals surface area contributed by atoms with E-state index < -0.39 is 0 Å². The minimum absolute atomic E-state index is 0.362. The highest BCUT2D eigenvalue weighted by atomic mass is 16.1. The van der Waals surface area contributed by atoms with Crippen molar-refractivity contribution in [1.82, 2.24) is 0 Å². The fraction of sp³-hybridized carbons (Fsp3) is 0.250. The molecular weight excluding hydrogens is 270 g/mol. The molecule has 0 saturated heterocycles. The van der Waals surface area contributed by atoms with Gasteiger partial charge in [0.1, 0.15) is 0 Å². The Labute approximate surface area is 129 Å². The van der Waals surface area contributed by atoms with Crippen molar-refractivity contribution < 1.29 is 4.79 Å². The Morgan fingerprint density at radius 1 is 1.00 bits per heavy atom. The molecule has 2 nitrogen and oxygen atoms in total. The normalized spacial score (nSPS) is 17.2. The van der Waals surface area contributed by atoms with E-state index in [2.05, 4.69) is 53.5 Å². The Hall–Kier alpha value is -2.44. The van der Waals surface area contributed by atoms with E-state index in [9.17, 15) is 4.79 Å². The second-order valence-electron chi connectivity index (χ2n) is 6.04. The van der Waals surface area contributed by atoms with E-state index >= 15 is 0 Å². The van der Waals surface area contributed by atoms with Crippen LogP contribution in [-0.4, -0.2) is 12.6 Å². The predicted molar refractivity (Wildman–Crippen MR) is 90.1 cm³/mol. The number of hydrogen-bond donors (Lipinski definition) is 0. The third-order valence-electron chi connectivity index (χ3n) is 4.87. The van der Waals surface area contributed by atoms with E-state index in [0.29, 0.717) is 12.5 Å². The molecule has 1 atom stereocenters. The summed E-state index contributed by atoms with van der Waals surface area (Å²) in [6.45, 7) is 0.565. The van der Waals surface area contributed by atoms with Crippen molar-refractivity contribution in [3.63, 3.8) is 0 Å². The van der Waals surface area contributed by atoms with Gasteiger partial charge in [0, 0.05) is 5.92 Å². The molecule has 2 heteroatoms. The maximum atomic E-state index is 10.4. The Kier molecular flexibility index (Phi) is 3.25. The lowest BCUT2D eigenvalue weighted by molar-refractivity contribution is 0.545. The van der Waals surface area contributed by atoms with Crippen LogP contribution in [0.3, 0.4) is 0 Å². The average Bonchev–Trinajstić information content (AvgIpc) is 2.59. The number of fused-ring (bicyclic) bond motifs is 5. The molecule has 0 saturated carbocycles. The number of isocyanates is 1. The van der Waals surface area contributed by atoms with Gasteiger partial charge in [-0.25, -0.2) is 9.79 Å². The summed E-state index contributed by atoms with van der Waals surface area (Å²) in [5.41, 5.74) is 2.81. The highest BCUT2D eigenvalue weighted by molar-refractivity contribution is 6.08. The van der Waals surface area contributed by atoms with E-state index in [0.717, 1.165) is 19.3 Å². The molecule has 1 aliphatic carbocycles. The molecule has 0 N–H and O–H groups in total. The van der Waals surface area contributed by atoms with Crippen LogP contribution in [0.1, 0.15) is 29.9 Å². The molecule has 108 valence electrons. The largest absolute Gasteiger partial charge is 0.234 e. The molecule has 0 heterocycles. The van der Waals surface area contributed by atoms with Gasteiger partial charge in [-0.2, -0.15) is 0 Å². The molecule has 1 aliphatic rings. The molecule has 1 unspecified atom stereocenters. The first kappa shape index (κ1) is 13.2. The first-order valence-electron chi connectivity index (χ1n) is 7.85. The number of aryl methyl sites for hydroxylation is 1. The summed E-state index contributed by atoms with van der Waals surface area (Å²) in [6.07, 6.45) is 5.07. The molecule has 0 amide bonds. The van der Waals surface area contributed by atoms with Crippen molar-refractivity contribution in [2.75, 3.05) is 6.54 Å². The molecule has 22 heavy (non-hydrogen) atoms. The van der Waals surface area contributed by atoms with Crippen molar-refractivity contribution in [3.05, 3.63) is 59.7 Å². The smallest absolute Gasteiger partial charge is 0.211 e. The third kappa shape index (κ3) is 2.04. The lowest BCUT2D eigenvalue weighted by Gasteiger charge is -2.25. The van der Waals surface area contributed by atoms with Crippen molar-refractivity contribution >= 4 is 27.6 Å². The van der Waals surface area contributed by atoms with E-state index in [4.69, 9.17) is 0 Å². The third-order valence-corrected chi connectivity index (χ3v) is 4.87. The fourth-order valence-corrected chi connectivity index (χ4v) is 3.85. The van der Waals surface area contributed by atoms with Crippen molar-refractivity contribution in [2.45, 2.75) is 25.2 Å². The number of hydrogen-bond acceptors (Lipinski definition) is 2. The van der Waals surface area contributed by atoms with Crippen LogP contribution in [0, 0.1) is 0 Å². The maximum Gasteiger partial charge on any atom is 0.234 e. The van der Waals surface area contributed by atoms with Crippen LogP contribution in [0.15, 0.2) is 53.5 Å². The van der Waals surface area contributed by atoms with Crippen LogP contribution in [-0.2, 0) is 11.2 Å². The summed E-state index contributed by atoms with van der Waals surface area (Å²) in [6, 6.07) is 17.5. The summed E-state index contributed by atoms with van der Waals surface area (Å²) in [7, 11) is 0. The van der Waals surface area contributed by atoms with Gasteiger partial charge in [-0.15, -0.1) is 0 Å². The number of carbonyl (C=O) groups excluding carboxylic acids is 1. The van der Waals surface area contributed by atoms with Gasteiger partial charge in [-0.05, 0) is 51.9 Å². The van der Waals surface area contributed by atoms with Gasteiger partial charge in [-0.1, -0.05) is 48.5 Å². The van der Waals surface area contributed by atoms with Crippen LogP contribution < -0.4 is 0 Å². The molecule has 0 aliphatic heterocycles. The standard InChI is InChI=1S/C20H17NO/c22-13-21-12-15-5-3-7-18-17(15)10-11-19-16-6-2-1-4-14(16)8-9-20(18)19/h1-2,4,6,8-11,15H,3,5,7,12H2. The van der Waals surface area contributed by atoms with E-state index in [1.165, 1.54) is 32.7 Å². The zero-order valence-electron chi connectivity index (χ0n) is 12.4. The van der Waals surface area contributed by atoms with Crippen LogP contribution >= 0.6 is 0 Å². The first-order chi connectivity index (χ1) is 10.9. The molecule has 0 aromatic heterocycles. The van der Waals surface area contributed by atoms with Gasteiger partial charge in [-0.3, -0.25) is 0 Å². The average molecular weight is 287 g/mol. The molecule has 0 spiro atoms. The SMILES string of the molecule is O=C=NCC1CCCc2c1ccc1c2ccc2ccccc21. The van der Waals surface area contributed by atoms with E-state index in [1.54, 1.807) is 6.08 Å². The molecular formula is C20H17NO. The van der Waals surface area contributed by atoms with Gasteiger partial charge < -0.3 is 0 Å². The van der Waals surface area contributed by atoms with Gasteiger partial charge >= 0.3 is 0 Å². The van der Waals surface area contributed by atoms with Gasteiger partial charge in [0.2, 0.25) is 6.08 Å². The molecule has 0 fully saturated rings. The summed E-state index contributed by atoms with van der Waals surface area (Å²) in [4.78, 5) is 14.2. The van der Waals surface area contributed by atoms with Crippen LogP contribution in [0.5, 0.6) is 0 Å². The zero-order chi connectivity index (χ0) is 14.9. The monoisotopic (exact) mass is 287 g/mol. The van der Waals surface area contributed by atoms with Gasteiger partial charge in [0.05, 0.1) is 6.54 Å². The van der Waals surface area contributed by atoms with Gasteiger partial charge in [0.15, 0.2) is 0 Å². The summed E-state index contributed by atoms with van der Waals surface area (Å²) >= 11 is 0. The highest BCUT2D eigenvalue weighted by Gasteiger charge is 2.21. The Morgan fingerprint density at radius 3 is 2.77 bits per heavy atom. The highest BCUT2D eigenvalue weighted by Crippen LogP contribution is 2.38. The Morgan fingerprint density at radius 2 is 1.86 bits per heavy atom. The Balaban J connectivity index is 1.96. The quantitative estimate of drug-likeness (QED) is 0.380. The zero-order valence-corrected chi connectivity index (χ0v) is 12.4. The number of nitrogens with zero attached hydrogens (tertiary/aromatic N) is 1. The number of rotatable bonds is 2. The summed E-state index contributed by atoms with van der Waals surface area (Å²) in [5, 5.41) is 5.29. The maximum absolute atomic E-state index is 10.4. The van der Waals surface area contributed by atoms with Crippen LogP contribution in [0.2, 0.25) is 0 Å². The second-order valence-corrected chi connectivity index (χ2v) is 6.04. The molecule has 3 aromatic carbocycles. The molecule has 0 bridgehead atoms. The fourth-order valence-electron chi connectivity index (χ4n) is 3.85. The number of benzene rings is 3. The minimum atomic E-state index is 0.362. The van der Waals surface area contributed by atoms with Gasteiger partial charge in [0.25, 0.3) is 0 Å². The second kappa shape index (κ2) is 5.40. The van der Waals surface area contributed by atoms with Crippen LogP contribution in [0.4, 0.5) is 0 Å². The van der Waals surface area contributed by atoms with E-state index in [-0.39, 0.29) is 0 Å². The van der Waals surface area contributed by atoms with Crippen molar-refractivity contribution in [1.29, 1.82) is 0 Å². The molecule has 0 radical (unpaired) electrons. The Bertz CT molecular complexity index is 906. The lowest BCUT2D eigenvalue weighted by atomic mass is 9.80. The number of aliphatic imine (C=N–C) groups is 1. The van der Waals surface area contributed by atoms with Crippen molar-refractivity contribution in [2.24, 2.45) is 4.99 Å². The lowest BCUT2D eigenvalue weighted by Crippen LogP contribution is -2.12. The predicted octanol–water partition coefficient (Wildman–Crippen LogP) is 4.75. The van der Waals surface area contributed by atoms with Crippen LogP contribution in [0.25, 0.3) is 21.5 Å². The van der Waals surface area contributed by atoms with E-state index in [1.807, 2.05) is 0 Å². The summed E-state index contributed by atoms with van der Waals surface area (Å²) in [5.74, 6) is 0.362.